The van der Waals surface area contributed by atoms with Crippen LogP contribution in [0.25, 0.3) is 0 Å². The molecule has 0 saturated carbocycles. The molecule has 2 aliphatic heterocycles. The zero-order chi connectivity index (χ0) is 15.0. The van der Waals surface area contributed by atoms with Crippen molar-refractivity contribution in [3.8, 4) is 0 Å². The van der Waals surface area contributed by atoms with Crippen LogP contribution in [0.4, 0.5) is 0 Å². The summed E-state index contributed by atoms with van der Waals surface area (Å²) in [6, 6.07) is 4.74. The van der Waals surface area contributed by atoms with Crippen molar-refractivity contribution >= 4 is 17.7 Å². The Labute approximate surface area is 122 Å². The molecule has 1 saturated heterocycles. The van der Waals surface area contributed by atoms with E-state index < -0.39 is 0 Å². The van der Waals surface area contributed by atoms with E-state index in [1.165, 1.54) is 6.08 Å². The summed E-state index contributed by atoms with van der Waals surface area (Å²) in [6.07, 6.45) is 3.54. The van der Waals surface area contributed by atoms with Gasteiger partial charge in [-0.25, -0.2) is 0 Å². The number of likely N-dealkylation sites (tertiary alicyclic amines) is 1. The minimum absolute atomic E-state index is 0.0716. The van der Waals surface area contributed by atoms with E-state index in [2.05, 4.69) is 6.58 Å². The lowest BCUT2D eigenvalue weighted by Crippen LogP contribution is -2.29. The summed E-state index contributed by atoms with van der Waals surface area (Å²) in [5, 5.41) is 0. The molecule has 1 aromatic rings. The Morgan fingerprint density at radius 1 is 1.14 bits per heavy atom. The van der Waals surface area contributed by atoms with Gasteiger partial charge in [-0.3, -0.25) is 19.3 Å². The lowest BCUT2D eigenvalue weighted by molar-refractivity contribution is 0.0671. The molecule has 1 fully saturated rings. The van der Waals surface area contributed by atoms with Gasteiger partial charge in [-0.2, -0.15) is 0 Å². The van der Waals surface area contributed by atoms with Gasteiger partial charge < -0.3 is 4.90 Å². The van der Waals surface area contributed by atoms with Gasteiger partial charge in [0, 0.05) is 25.2 Å². The molecule has 1 aromatic carbocycles. The van der Waals surface area contributed by atoms with Crippen LogP contribution in [0.3, 0.4) is 0 Å². The Morgan fingerprint density at radius 3 is 2.48 bits per heavy atom. The SMILES string of the molecule is C=CCN1C(=O)c2ccc(C(=O)N3CCCC3)cc2C1=O. The quantitative estimate of drug-likeness (QED) is 0.627. The monoisotopic (exact) mass is 284 g/mol. The first kappa shape index (κ1) is 13.5. The Bertz CT molecular complexity index is 645. The number of hydrogen-bond donors (Lipinski definition) is 0. The minimum Gasteiger partial charge on any atom is -0.339 e. The molecular weight excluding hydrogens is 268 g/mol. The van der Waals surface area contributed by atoms with Crippen molar-refractivity contribution in [1.29, 1.82) is 0 Å². The second-order valence-electron chi connectivity index (χ2n) is 5.27. The Balaban J connectivity index is 1.93. The topological polar surface area (TPSA) is 57.7 Å². The molecule has 0 radical (unpaired) electrons. The average Bonchev–Trinajstić information content (AvgIpc) is 3.10. The molecular formula is C16H16N2O3. The fraction of sp³-hybridized carbons (Fsp3) is 0.312. The fourth-order valence-corrected chi connectivity index (χ4v) is 2.82. The van der Waals surface area contributed by atoms with Crippen LogP contribution in [-0.2, 0) is 0 Å². The van der Waals surface area contributed by atoms with Crippen LogP contribution in [0, 0.1) is 0 Å². The number of carbonyl (C=O) groups is 3. The molecule has 108 valence electrons. The van der Waals surface area contributed by atoms with Gasteiger partial charge >= 0.3 is 0 Å². The van der Waals surface area contributed by atoms with Crippen molar-refractivity contribution in [2.45, 2.75) is 12.8 Å². The Hall–Kier alpha value is -2.43. The number of imide groups is 1. The molecule has 2 aliphatic rings. The predicted octanol–water partition coefficient (Wildman–Crippen LogP) is 1.70. The van der Waals surface area contributed by atoms with Gasteiger partial charge in [-0.15, -0.1) is 6.58 Å². The summed E-state index contributed by atoms with van der Waals surface area (Å²) in [5.74, 6) is -0.751. The van der Waals surface area contributed by atoms with Crippen LogP contribution >= 0.6 is 0 Å². The minimum atomic E-state index is -0.356. The molecule has 0 bridgehead atoms. The summed E-state index contributed by atoms with van der Waals surface area (Å²) in [4.78, 5) is 39.6. The molecule has 0 unspecified atom stereocenters. The predicted molar refractivity (Wildman–Crippen MR) is 77.1 cm³/mol. The van der Waals surface area contributed by atoms with Gasteiger partial charge in [0.15, 0.2) is 0 Å². The maximum Gasteiger partial charge on any atom is 0.261 e. The third kappa shape index (κ3) is 2.14. The van der Waals surface area contributed by atoms with Gasteiger partial charge in [0.2, 0.25) is 0 Å². The highest BCUT2D eigenvalue weighted by molar-refractivity contribution is 6.22. The van der Waals surface area contributed by atoms with Crippen LogP contribution in [0.15, 0.2) is 30.9 Å². The smallest absolute Gasteiger partial charge is 0.261 e. The molecule has 0 aromatic heterocycles. The van der Waals surface area contributed by atoms with E-state index in [-0.39, 0.29) is 24.3 Å². The van der Waals surface area contributed by atoms with Crippen LogP contribution in [0.5, 0.6) is 0 Å². The van der Waals surface area contributed by atoms with E-state index in [0.29, 0.717) is 16.7 Å². The van der Waals surface area contributed by atoms with Crippen molar-refractivity contribution in [2.75, 3.05) is 19.6 Å². The number of hydrogen-bond acceptors (Lipinski definition) is 3. The molecule has 5 nitrogen and oxygen atoms in total. The van der Waals surface area contributed by atoms with Gasteiger partial charge in [0.05, 0.1) is 11.1 Å². The van der Waals surface area contributed by atoms with E-state index in [4.69, 9.17) is 0 Å². The van der Waals surface area contributed by atoms with E-state index in [9.17, 15) is 14.4 Å². The molecule has 0 atom stereocenters. The molecule has 0 spiro atoms. The first-order valence-corrected chi connectivity index (χ1v) is 7.04. The molecule has 3 amide bonds. The maximum absolute atomic E-state index is 12.3. The molecule has 5 heteroatoms. The normalized spacial score (nSPS) is 17.3. The van der Waals surface area contributed by atoms with Gasteiger partial charge in [0.1, 0.15) is 0 Å². The second kappa shape index (κ2) is 5.16. The highest BCUT2D eigenvalue weighted by Crippen LogP contribution is 2.25. The number of carbonyl (C=O) groups excluding carboxylic acids is 3. The van der Waals surface area contributed by atoms with Crippen molar-refractivity contribution in [3.05, 3.63) is 47.5 Å². The molecule has 21 heavy (non-hydrogen) atoms. The van der Waals surface area contributed by atoms with E-state index >= 15 is 0 Å². The van der Waals surface area contributed by atoms with Crippen LogP contribution in [-0.4, -0.2) is 47.2 Å². The number of amides is 3. The first-order chi connectivity index (χ1) is 10.1. The van der Waals surface area contributed by atoms with E-state index in [1.807, 2.05) is 0 Å². The highest BCUT2D eigenvalue weighted by Gasteiger charge is 2.35. The zero-order valence-electron chi connectivity index (χ0n) is 11.7. The summed E-state index contributed by atoms with van der Waals surface area (Å²) >= 11 is 0. The summed E-state index contributed by atoms with van der Waals surface area (Å²) in [6.45, 7) is 5.24. The number of fused-ring (bicyclic) bond motifs is 1. The van der Waals surface area contributed by atoms with Gasteiger partial charge in [0.25, 0.3) is 17.7 Å². The van der Waals surface area contributed by atoms with Crippen molar-refractivity contribution < 1.29 is 14.4 Å². The van der Waals surface area contributed by atoms with Crippen LogP contribution in [0.2, 0.25) is 0 Å². The van der Waals surface area contributed by atoms with Crippen LogP contribution in [0.1, 0.15) is 43.9 Å². The molecule has 3 rings (SSSR count). The number of benzene rings is 1. The third-order valence-electron chi connectivity index (χ3n) is 3.92. The van der Waals surface area contributed by atoms with Gasteiger partial charge in [-0.1, -0.05) is 6.08 Å². The second-order valence-corrected chi connectivity index (χ2v) is 5.27. The lowest BCUT2D eigenvalue weighted by atomic mass is 10.0. The van der Waals surface area contributed by atoms with E-state index in [0.717, 1.165) is 30.8 Å². The lowest BCUT2D eigenvalue weighted by Gasteiger charge is -2.15. The van der Waals surface area contributed by atoms with Crippen molar-refractivity contribution in [3.63, 3.8) is 0 Å². The zero-order valence-corrected chi connectivity index (χ0v) is 11.7. The highest BCUT2D eigenvalue weighted by atomic mass is 16.2. The Kier molecular flexibility index (Phi) is 3.33. The standard InChI is InChI=1S/C16H16N2O3/c1-2-7-18-15(20)12-6-5-11(10-13(12)16(18)21)14(19)17-8-3-4-9-17/h2,5-6,10H,1,3-4,7-9H2. The van der Waals surface area contributed by atoms with Crippen LogP contribution < -0.4 is 0 Å². The van der Waals surface area contributed by atoms with Gasteiger partial charge in [-0.05, 0) is 31.0 Å². The molecule has 0 aliphatic carbocycles. The average molecular weight is 284 g/mol. The van der Waals surface area contributed by atoms with Crippen molar-refractivity contribution in [2.24, 2.45) is 0 Å². The fourth-order valence-electron chi connectivity index (χ4n) is 2.82. The largest absolute Gasteiger partial charge is 0.339 e. The third-order valence-corrected chi connectivity index (χ3v) is 3.92. The summed E-state index contributed by atoms with van der Waals surface area (Å²) < 4.78 is 0. The van der Waals surface area contributed by atoms with Crippen molar-refractivity contribution in [1.82, 2.24) is 9.80 Å². The number of nitrogens with zero attached hydrogens (tertiary/aromatic N) is 2. The first-order valence-electron chi connectivity index (χ1n) is 7.04. The maximum atomic E-state index is 12.3. The molecule has 0 N–H and O–H groups in total. The summed E-state index contributed by atoms with van der Waals surface area (Å²) in [7, 11) is 0. The molecule has 2 heterocycles. The number of rotatable bonds is 3. The van der Waals surface area contributed by atoms with E-state index in [1.54, 1.807) is 23.1 Å². The summed E-state index contributed by atoms with van der Waals surface area (Å²) in [5.41, 5.74) is 1.14. The Morgan fingerprint density at radius 2 is 1.81 bits per heavy atom.